The third kappa shape index (κ3) is 2.68. The van der Waals surface area contributed by atoms with E-state index in [1.807, 2.05) is 24.4 Å². The molecule has 0 spiro atoms. The molecule has 3 N–H and O–H groups in total. The number of aryl methyl sites for hydroxylation is 1. The number of H-pyrrole nitrogens is 1. The molecule has 0 radical (unpaired) electrons. The van der Waals surface area contributed by atoms with Crippen molar-refractivity contribution in [2.24, 2.45) is 0 Å². The molecule has 1 heterocycles. The number of nitrogen functional groups attached to an aromatic ring is 1. The van der Waals surface area contributed by atoms with Crippen LogP contribution in [0.3, 0.4) is 0 Å². The minimum atomic E-state index is 0.132. The first-order valence-electron chi connectivity index (χ1n) is 7.21. The Morgan fingerprint density at radius 2 is 2.00 bits per heavy atom. The van der Waals surface area contributed by atoms with Crippen LogP contribution in [0.4, 0.5) is 5.69 Å². The standard InChI is InChI=1S/C18H19N3/c1-2-13-6-3-4-9-16(13)18(17-11-20-12-21-17)14-7-5-8-15(19)10-14/h3-12,18H,2,19H2,1H3,(H,20,21). The number of nitrogens with one attached hydrogen (secondary N) is 1. The van der Waals surface area contributed by atoms with Crippen LogP contribution in [0.1, 0.15) is 35.2 Å². The van der Waals surface area contributed by atoms with Gasteiger partial charge in [0.25, 0.3) is 0 Å². The second kappa shape index (κ2) is 5.83. The summed E-state index contributed by atoms with van der Waals surface area (Å²) in [6.45, 7) is 2.18. The molecular formula is C18H19N3. The van der Waals surface area contributed by atoms with Gasteiger partial charge in [0.1, 0.15) is 0 Å². The Labute approximate surface area is 124 Å². The highest BCUT2D eigenvalue weighted by Gasteiger charge is 2.20. The van der Waals surface area contributed by atoms with E-state index in [1.54, 1.807) is 6.33 Å². The van der Waals surface area contributed by atoms with E-state index < -0.39 is 0 Å². The van der Waals surface area contributed by atoms with Crippen LogP contribution >= 0.6 is 0 Å². The van der Waals surface area contributed by atoms with Crippen LogP contribution in [0.2, 0.25) is 0 Å². The molecule has 3 rings (SSSR count). The summed E-state index contributed by atoms with van der Waals surface area (Å²) in [6.07, 6.45) is 4.62. The molecule has 3 heteroatoms. The lowest BCUT2D eigenvalue weighted by Crippen LogP contribution is -2.07. The van der Waals surface area contributed by atoms with Gasteiger partial charge in [-0.2, -0.15) is 0 Å². The SMILES string of the molecule is CCc1ccccc1C(c1cccc(N)c1)c1cnc[nH]1. The molecule has 0 aliphatic heterocycles. The molecule has 1 aromatic heterocycles. The fourth-order valence-electron chi connectivity index (χ4n) is 2.83. The highest BCUT2D eigenvalue weighted by Crippen LogP contribution is 2.33. The summed E-state index contributed by atoms with van der Waals surface area (Å²) < 4.78 is 0. The normalized spacial score (nSPS) is 12.2. The maximum absolute atomic E-state index is 5.97. The van der Waals surface area contributed by atoms with Crippen molar-refractivity contribution in [3.05, 3.63) is 83.4 Å². The van der Waals surface area contributed by atoms with Crippen molar-refractivity contribution in [2.75, 3.05) is 5.73 Å². The van der Waals surface area contributed by atoms with Gasteiger partial charge in [0.15, 0.2) is 0 Å². The summed E-state index contributed by atoms with van der Waals surface area (Å²) in [6, 6.07) is 16.6. The van der Waals surface area contributed by atoms with E-state index in [-0.39, 0.29) is 5.92 Å². The van der Waals surface area contributed by atoms with E-state index in [1.165, 1.54) is 16.7 Å². The predicted molar refractivity (Wildman–Crippen MR) is 86.2 cm³/mol. The first-order valence-corrected chi connectivity index (χ1v) is 7.21. The molecule has 0 aliphatic carbocycles. The molecule has 2 aromatic carbocycles. The summed E-state index contributed by atoms with van der Waals surface area (Å²) >= 11 is 0. The van der Waals surface area contributed by atoms with Crippen molar-refractivity contribution in [1.29, 1.82) is 0 Å². The highest BCUT2D eigenvalue weighted by molar-refractivity contribution is 5.49. The van der Waals surface area contributed by atoms with Crippen molar-refractivity contribution < 1.29 is 0 Å². The molecule has 21 heavy (non-hydrogen) atoms. The van der Waals surface area contributed by atoms with Gasteiger partial charge < -0.3 is 10.7 Å². The van der Waals surface area contributed by atoms with E-state index >= 15 is 0 Å². The third-order valence-electron chi connectivity index (χ3n) is 3.82. The van der Waals surface area contributed by atoms with Gasteiger partial charge in [-0.25, -0.2) is 4.98 Å². The molecule has 0 aliphatic rings. The monoisotopic (exact) mass is 277 g/mol. The van der Waals surface area contributed by atoms with Gasteiger partial charge in [0.2, 0.25) is 0 Å². The van der Waals surface area contributed by atoms with Gasteiger partial charge in [-0.15, -0.1) is 0 Å². The van der Waals surface area contributed by atoms with Crippen LogP contribution in [-0.2, 0) is 6.42 Å². The number of aromatic amines is 1. The first-order chi connectivity index (χ1) is 10.3. The molecule has 0 amide bonds. The van der Waals surface area contributed by atoms with E-state index in [2.05, 4.69) is 47.2 Å². The average molecular weight is 277 g/mol. The van der Waals surface area contributed by atoms with Gasteiger partial charge in [-0.1, -0.05) is 43.3 Å². The molecule has 0 saturated carbocycles. The molecule has 1 atom stereocenters. The summed E-state index contributed by atoms with van der Waals surface area (Å²) in [5.41, 5.74) is 11.7. The predicted octanol–water partition coefficient (Wildman–Crippen LogP) is 3.73. The van der Waals surface area contributed by atoms with Crippen molar-refractivity contribution in [3.8, 4) is 0 Å². The Kier molecular flexibility index (Phi) is 3.73. The lowest BCUT2D eigenvalue weighted by atomic mass is 9.85. The fraction of sp³-hybridized carbons (Fsp3) is 0.167. The minimum absolute atomic E-state index is 0.132. The van der Waals surface area contributed by atoms with Crippen LogP contribution in [0.5, 0.6) is 0 Å². The van der Waals surface area contributed by atoms with E-state index in [0.717, 1.165) is 17.8 Å². The number of benzene rings is 2. The third-order valence-corrected chi connectivity index (χ3v) is 3.82. The summed E-state index contributed by atoms with van der Waals surface area (Å²) in [4.78, 5) is 7.44. The number of aromatic nitrogens is 2. The second-order valence-corrected chi connectivity index (χ2v) is 5.16. The van der Waals surface area contributed by atoms with Crippen molar-refractivity contribution in [2.45, 2.75) is 19.3 Å². The van der Waals surface area contributed by atoms with Gasteiger partial charge in [-0.3, -0.25) is 0 Å². The Balaban J connectivity index is 2.18. The number of hydrogen-bond acceptors (Lipinski definition) is 2. The zero-order chi connectivity index (χ0) is 14.7. The van der Waals surface area contributed by atoms with Crippen molar-refractivity contribution in [3.63, 3.8) is 0 Å². The van der Waals surface area contributed by atoms with Crippen LogP contribution in [0.25, 0.3) is 0 Å². The van der Waals surface area contributed by atoms with Crippen LogP contribution in [-0.4, -0.2) is 9.97 Å². The number of imidazole rings is 1. The fourth-order valence-corrected chi connectivity index (χ4v) is 2.83. The average Bonchev–Trinajstić information content (AvgIpc) is 3.02. The number of rotatable bonds is 4. The van der Waals surface area contributed by atoms with Gasteiger partial charge in [0.05, 0.1) is 12.2 Å². The van der Waals surface area contributed by atoms with E-state index in [9.17, 15) is 0 Å². The number of nitrogens with two attached hydrogens (primary N) is 1. The molecule has 3 nitrogen and oxygen atoms in total. The van der Waals surface area contributed by atoms with Gasteiger partial charge in [-0.05, 0) is 35.2 Å². The van der Waals surface area contributed by atoms with E-state index in [4.69, 9.17) is 5.73 Å². The zero-order valence-electron chi connectivity index (χ0n) is 12.1. The Morgan fingerprint density at radius 3 is 2.71 bits per heavy atom. The highest BCUT2D eigenvalue weighted by atomic mass is 14.9. The number of hydrogen-bond donors (Lipinski definition) is 2. The Hall–Kier alpha value is -2.55. The van der Waals surface area contributed by atoms with E-state index in [0.29, 0.717) is 0 Å². The second-order valence-electron chi connectivity index (χ2n) is 5.16. The molecular weight excluding hydrogens is 258 g/mol. The zero-order valence-corrected chi connectivity index (χ0v) is 12.1. The Morgan fingerprint density at radius 1 is 1.14 bits per heavy atom. The van der Waals surface area contributed by atoms with Crippen LogP contribution in [0.15, 0.2) is 61.1 Å². The lowest BCUT2D eigenvalue weighted by molar-refractivity contribution is 0.905. The lowest BCUT2D eigenvalue weighted by Gasteiger charge is -2.20. The number of nitrogens with zero attached hydrogens (tertiary/aromatic N) is 1. The smallest absolute Gasteiger partial charge is 0.0922 e. The Bertz CT molecular complexity index is 717. The maximum atomic E-state index is 5.97. The largest absolute Gasteiger partial charge is 0.399 e. The summed E-state index contributed by atoms with van der Waals surface area (Å²) in [7, 11) is 0. The molecule has 0 saturated heterocycles. The quantitative estimate of drug-likeness (QED) is 0.714. The van der Waals surface area contributed by atoms with Crippen molar-refractivity contribution in [1.82, 2.24) is 9.97 Å². The topological polar surface area (TPSA) is 54.7 Å². The summed E-state index contributed by atoms with van der Waals surface area (Å²) in [5.74, 6) is 0.132. The van der Waals surface area contributed by atoms with Crippen molar-refractivity contribution >= 4 is 5.69 Å². The molecule has 3 aromatic rings. The molecule has 106 valence electrons. The van der Waals surface area contributed by atoms with Crippen LogP contribution < -0.4 is 5.73 Å². The molecule has 0 fully saturated rings. The van der Waals surface area contributed by atoms with Gasteiger partial charge >= 0.3 is 0 Å². The number of anilines is 1. The summed E-state index contributed by atoms with van der Waals surface area (Å²) in [5, 5.41) is 0. The maximum Gasteiger partial charge on any atom is 0.0922 e. The van der Waals surface area contributed by atoms with Gasteiger partial charge in [0, 0.05) is 17.6 Å². The van der Waals surface area contributed by atoms with Crippen LogP contribution in [0, 0.1) is 0 Å². The minimum Gasteiger partial charge on any atom is -0.399 e. The molecule has 1 unspecified atom stereocenters. The first kappa shape index (κ1) is 13.4. The molecule has 0 bridgehead atoms.